The summed E-state index contributed by atoms with van der Waals surface area (Å²) in [7, 11) is 0. The summed E-state index contributed by atoms with van der Waals surface area (Å²) in [6.07, 6.45) is 2.14. The Bertz CT molecular complexity index is 739. The number of likely N-dealkylation sites (tertiary alicyclic amines) is 1. The van der Waals surface area contributed by atoms with Crippen LogP contribution in [0, 0.1) is 0 Å². The van der Waals surface area contributed by atoms with Crippen LogP contribution < -0.4 is 4.90 Å². The van der Waals surface area contributed by atoms with Crippen LogP contribution in [0.3, 0.4) is 0 Å². The Hall–Kier alpha value is -2.17. The first-order valence-electron chi connectivity index (χ1n) is 9.10. The van der Waals surface area contributed by atoms with E-state index in [0.717, 1.165) is 50.1 Å². The highest BCUT2D eigenvalue weighted by Crippen LogP contribution is 2.33. The van der Waals surface area contributed by atoms with E-state index in [9.17, 15) is 9.90 Å². The number of carbonyl (C=O) groups is 1. The zero-order valence-corrected chi connectivity index (χ0v) is 14.3. The molecule has 2 aromatic rings. The summed E-state index contributed by atoms with van der Waals surface area (Å²) in [4.78, 5) is 17.7. The van der Waals surface area contributed by atoms with E-state index in [2.05, 4.69) is 11.0 Å². The van der Waals surface area contributed by atoms with Crippen molar-refractivity contribution in [2.24, 2.45) is 0 Å². The van der Waals surface area contributed by atoms with Crippen LogP contribution in [0.15, 0.2) is 54.6 Å². The first-order chi connectivity index (χ1) is 12.2. The molecule has 2 aliphatic rings. The molecule has 4 rings (SSSR count). The average molecular weight is 336 g/mol. The van der Waals surface area contributed by atoms with E-state index < -0.39 is 0 Å². The first-order valence-corrected chi connectivity index (χ1v) is 9.10. The Morgan fingerprint density at radius 3 is 2.40 bits per heavy atom. The minimum absolute atomic E-state index is 0.146. The van der Waals surface area contributed by atoms with E-state index in [1.165, 1.54) is 5.56 Å². The van der Waals surface area contributed by atoms with E-state index in [1.54, 1.807) is 0 Å². The number of fused-ring (bicyclic) bond motifs is 1. The number of aliphatic hydroxyl groups excluding tert-OH is 1. The summed E-state index contributed by atoms with van der Waals surface area (Å²) >= 11 is 0. The predicted octanol–water partition coefficient (Wildman–Crippen LogP) is 2.77. The minimum Gasteiger partial charge on any atom is -0.393 e. The quantitative estimate of drug-likeness (QED) is 0.937. The molecule has 130 valence electrons. The number of aliphatic hydroxyl groups is 1. The molecule has 0 unspecified atom stereocenters. The van der Waals surface area contributed by atoms with E-state index >= 15 is 0 Å². The Kier molecular flexibility index (Phi) is 4.55. The van der Waals surface area contributed by atoms with Crippen molar-refractivity contribution >= 4 is 11.6 Å². The van der Waals surface area contributed by atoms with Gasteiger partial charge in [0.25, 0.3) is 0 Å². The molecule has 0 radical (unpaired) electrons. The standard InChI is InChI=1S/C21H24N2O2/c24-18-11-13-22(14-12-18)20(17-7-2-1-3-8-17)21(25)23-15-10-16-6-4-5-9-19(16)23/h1-9,18,20,24H,10-15H2/t20-/m0/s1. The summed E-state index contributed by atoms with van der Waals surface area (Å²) in [5, 5.41) is 9.84. The SMILES string of the molecule is O=C([C@H](c1ccccc1)N1CCC(O)CC1)N1CCc2ccccc21. The van der Waals surface area contributed by atoms with Crippen molar-refractivity contribution in [3.05, 3.63) is 65.7 Å². The maximum Gasteiger partial charge on any atom is 0.248 e. The molecule has 2 aromatic carbocycles. The third-order valence-corrected chi connectivity index (χ3v) is 5.37. The highest BCUT2D eigenvalue weighted by atomic mass is 16.3. The minimum atomic E-state index is -0.278. The van der Waals surface area contributed by atoms with Gasteiger partial charge in [-0.25, -0.2) is 0 Å². The summed E-state index contributed by atoms with van der Waals surface area (Å²) in [5.74, 6) is 0.146. The average Bonchev–Trinajstić information content (AvgIpc) is 3.08. The fraction of sp³-hybridized carbons (Fsp3) is 0.381. The highest BCUT2D eigenvalue weighted by Gasteiger charge is 2.36. The lowest BCUT2D eigenvalue weighted by atomic mass is 9.99. The molecular weight excluding hydrogens is 312 g/mol. The molecule has 1 amide bonds. The van der Waals surface area contributed by atoms with Gasteiger partial charge in [0.15, 0.2) is 0 Å². The monoisotopic (exact) mass is 336 g/mol. The van der Waals surface area contributed by atoms with Crippen LogP contribution in [-0.4, -0.2) is 41.7 Å². The normalized spacial score (nSPS) is 19.6. The van der Waals surface area contributed by atoms with Crippen molar-refractivity contribution in [2.45, 2.75) is 31.4 Å². The van der Waals surface area contributed by atoms with Gasteiger partial charge < -0.3 is 10.0 Å². The second-order valence-corrected chi connectivity index (χ2v) is 6.95. The zero-order chi connectivity index (χ0) is 17.2. The van der Waals surface area contributed by atoms with Crippen LogP contribution >= 0.6 is 0 Å². The fourth-order valence-electron chi connectivity index (χ4n) is 4.00. The molecule has 1 fully saturated rings. The number of carbonyl (C=O) groups excluding carboxylic acids is 1. The van der Waals surface area contributed by atoms with E-state index in [0.29, 0.717) is 0 Å². The van der Waals surface area contributed by atoms with Crippen LogP contribution in [0.5, 0.6) is 0 Å². The molecule has 0 bridgehead atoms. The van der Waals surface area contributed by atoms with Gasteiger partial charge in [0.05, 0.1) is 6.10 Å². The molecule has 0 aliphatic carbocycles. The van der Waals surface area contributed by atoms with Crippen molar-refractivity contribution in [3.63, 3.8) is 0 Å². The van der Waals surface area contributed by atoms with Gasteiger partial charge in [-0.2, -0.15) is 0 Å². The van der Waals surface area contributed by atoms with Crippen molar-refractivity contribution in [1.29, 1.82) is 0 Å². The van der Waals surface area contributed by atoms with Crippen LogP contribution in [0.1, 0.15) is 30.0 Å². The van der Waals surface area contributed by atoms with Crippen molar-refractivity contribution in [2.75, 3.05) is 24.5 Å². The summed E-state index contributed by atoms with van der Waals surface area (Å²) < 4.78 is 0. The molecule has 2 aliphatic heterocycles. The van der Waals surface area contributed by atoms with Gasteiger partial charge in [-0.3, -0.25) is 9.69 Å². The number of hydrogen-bond donors (Lipinski definition) is 1. The van der Waals surface area contributed by atoms with Crippen LogP contribution in [-0.2, 0) is 11.2 Å². The number of nitrogens with zero attached hydrogens (tertiary/aromatic N) is 2. The van der Waals surface area contributed by atoms with Crippen molar-refractivity contribution in [3.8, 4) is 0 Å². The smallest absolute Gasteiger partial charge is 0.248 e. The van der Waals surface area contributed by atoms with Crippen molar-refractivity contribution < 1.29 is 9.90 Å². The van der Waals surface area contributed by atoms with Gasteiger partial charge in [-0.1, -0.05) is 48.5 Å². The molecule has 0 spiro atoms. The third-order valence-electron chi connectivity index (χ3n) is 5.37. The van der Waals surface area contributed by atoms with Gasteiger partial charge in [0.2, 0.25) is 5.91 Å². The van der Waals surface area contributed by atoms with E-state index in [-0.39, 0.29) is 18.1 Å². The van der Waals surface area contributed by atoms with E-state index in [4.69, 9.17) is 0 Å². The Labute approximate surface area is 148 Å². The summed E-state index contributed by atoms with van der Waals surface area (Å²) in [6.45, 7) is 2.25. The van der Waals surface area contributed by atoms with Crippen molar-refractivity contribution in [1.82, 2.24) is 4.90 Å². The Morgan fingerprint density at radius 1 is 0.960 bits per heavy atom. The van der Waals surface area contributed by atoms with E-state index in [1.807, 2.05) is 53.4 Å². The molecule has 0 saturated carbocycles. The first kappa shape index (κ1) is 16.3. The molecule has 0 aromatic heterocycles. The van der Waals surface area contributed by atoms with Crippen LogP contribution in [0.2, 0.25) is 0 Å². The fourth-order valence-corrected chi connectivity index (χ4v) is 4.00. The van der Waals surface area contributed by atoms with Gasteiger partial charge >= 0.3 is 0 Å². The number of amides is 1. The molecule has 1 atom stereocenters. The Balaban J connectivity index is 1.65. The number of anilines is 1. The number of piperidine rings is 1. The topological polar surface area (TPSA) is 43.8 Å². The molecule has 25 heavy (non-hydrogen) atoms. The lowest BCUT2D eigenvalue weighted by molar-refractivity contribution is -0.125. The molecule has 1 saturated heterocycles. The lowest BCUT2D eigenvalue weighted by Gasteiger charge is -2.37. The van der Waals surface area contributed by atoms with Gasteiger partial charge in [0, 0.05) is 25.3 Å². The predicted molar refractivity (Wildman–Crippen MR) is 98.5 cm³/mol. The lowest BCUT2D eigenvalue weighted by Crippen LogP contribution is -2.46. The van der Waals surface area contributed by atoms with Crippen LogP contribution in [0.4, 0.5) is 5.69 Å². The van der Waals surface area contributed by atoms with Gasteiger partial charge in [-0.15, -0.1) is 0 Å². The molecule has 4 heteroatoms. The number of benzene rings is 2. The summed E-state index contributed by atoms with van der Waals surface area (Å²) in [5.41, 5.74) is 3.33. The van der Waals surface area contributed by atoms with Gasteiger partial charge in [0.1, 0.15) is 6.04 Å². The molecular formula is C21H24N2O2. The van der Waals surface area contributed by atoms with Crippen LogP contribution in [0.25, 0.3) is 0 Å². The largest absolute Gasteiger partial charge is 0.393 e. The molecule has 4 nitrogen and oxygen atoms in total. The molecule has 1 N–H and O–H groups in total. The molecule has 2 heterocycles. The second-order valence-electron chi connectivity index (χ2n) is 6.95. The number of para-hydroxylation sites is 1. The zero-order valence-electron chi connectivity index (χ0n) is 14.3. The Morgan fingerprint density at radius 2 is 1.64 bits per heavy atom. The summed E-state index contributed by atoms with van der Waals surface area (Å²) in [6, 6.07) is 18.0. The maximum atomic E-state index is 13.5. The maximum absolute atomic E-state index is 13.5. The third kappa shape index (κ3) is 3.20. The number of rotatable bonds is 3. The second kappa shape index (κ2) is 6.98. The van der Waals surface area contributed by atoms with Gasteiger partial charge in [-0.05, 0) is 36.5 Å². The highest BCUT2D eigenvalue weighted by molar-refractivity contribution is 5.99. The number of hydrogen-bond acceptors (Lipinski definition) is 3.